The molecule has 1 aromatic carbocycles. The molecule has 0 bridgehead atoms. The maximum atomic E-state index is 14.2. The van der Waals surface area contributed by atoms with Crippen LogP contribution in [0.25, 0.3) is 0 Å². The highest BCUT2D eigenvalue weighted by molar-refractivity contribution is 7.13. The van der Waals surface area contributed by atoms with Crippen molar-refractivity contribution >= 4 is 23.2 Å². The predicted octanol–water partition coefficient (Wildman–Crippen LogP) is 6.20. The second-order valence-corrected chi connectivity index (χ2v) is 11.1. The molecule has 0 aliphatic carbocycles. The van der Waals surface area contributed by atoms with Gasteiger partial charge >= 0.3 is 11.9 Å². The van der Waals surface area contributed by atoms with Gasteiger partial charge in [-0.15, -0.1) is 11.3 Å². The van der Waals surface area contributed by atoms with Gasteiger partial charge in [-0.2, -0.15) is 8.78 Å². The minimum Gasteiger partial charge on any atom is -0.477 e. The van der Waals surface area contributed by atoms with Gasteiger partial charge in [0.2, 0.25) is 0 Å². The molecule has 1 aliphatic heterocycles. The van der Waals surface area contributed by atoms with E-state index in [1.807, 2.05) is 25.1 Å². The molecule has 1 fully saturated rings. The highest BCUT2D eigenvalue weighted by Gasteiger charge is 2.52. The number of alkyl halides is 2. The molecular formula is C28H37F2NO4S. The summed E-state index contributed by atoms with van der Waals surface area (Å²) in [6, 6.07) is 13.0. The number of carboxylic acid groups (broad SMARTS) is 1. The minimum absolute atomic E-state index is 0.0787. The lowest BCUT2D eigenvalue weighted by atomic mass is 9.92. The van der Waals surface area contributed by atoms with E-state index in [0.717, 1.165) is 37.0 Å². The average molecular weight is 522 g/mol. The number of carbonyl (C=O) groups is 2. The van der Waals surface area contributed by atoms with E-state index in [2.05, 4.69) is 12.1 Å². The number of thiophene rings is 1. The number of unbranched alkanes of at least 4 members (excludes halogenated alkanes) is 2. The molecule has 0 spiro atoms. The number of hydrogen-bond acceptors (Lipinski definition) is 4. The van der Waals surface area contributed by atoms with Crippen LogP contribution in [0.3, 0.4) is 0 Å². The summed E-state index contributed by atoms with van der Waals surface area (Å²) >= 11 is 1.17. The van der Waals surface area contributed by atoms with Gasteiger partial charge in [0, 0.05) is 23.9 Å². The number of carboxylic acids is 1. The number of nitrogens with zero attached hydrogens (tertiary/aromatic N) is 1. The summed E-state index contributed by atoms with van der Waals surface area (Å²) in [5.74, 6) is -5.40. The molecule has 1 saturated heterocycles. The molecule has 3 rings (SSSR count). The topological polar surface area (TPSA) is 77.8 Å². The summed E-state index contributed by atoms with van der Waals surface area (Å²) in [4.78, 5) is 25.7. The summed E-state index contributed by atoms with van der Waals surface area (Å²) in [6.07, 6.45) is 5.81. The number of likely N-dealkylation sites (tertiary alicyclic amines) is 1. The van der Waals surface area contributed by atoms with Gasteiger partial charge in [0.05, 0.1) is 6.10 Å². The number of aliphatic hydroxyl groups is 1. The average Bonchev–Trinajstić information content (AvgIpc) is 3.41. The van der Waals surface area contributed by atoms with Crippen LogP contribution in [0.15, 0.2) is 42.5 Å². The van der Waals surface area contributed by atoms with Crippen LogP contribution in [0.4, 0.5) is 8.78 Å². The van der Waals surface area contributed by atoms with Gasteiger partial charge in [-0.25, -0.2) is 4.79 Å². The smallest absolute Gasteiger partial charge is 0.345 e. The van der Waals surface area contributed by atoms with Gasteiger partial charge in [-0.3, -0.25) is 4.79 Å². The highest BCUT2D eigenvalue weighted by Crippen LogP contribution is 2.36. The Hall–Kier alpha value is -2.32. The lowest BCUT2D eigenvalue weighted by Crippen LogP contribution is -2.37. The normalized spacial score (nSPS) is 18.9. The van der Waals surface area contributed by atoms with E-state index in [9.17, 15) is 23.5 Å². The first kappa shape index (κ1) is 28.3. The van der Waals surface area contributed by atoms with Crippen LogP contribution in [-0.2, 0) is 17.6 Å². The molecule has 8 heteroatoms. The molecule has 1 unspecified atom stereocenters. The van der Waals surface area contributed by atoms with Crippen LogP contribution in [0, 0.1) is 5.92 Å². The zero-order valence-electron chi connectivity index (χ0n) is 20.9. The fraction of sp³-hybridized carbons (Fsp3) is 0.571. The third-order valence-electron chi connectivity index (χ3n) is 7.12. The van der Waals surface area contributed by atoms with Crippen LogP contribution < -0.4 is 0 Å². The second kappa shape index (κ2) is 13.3. The maximum Gasteiger partial charge on any atom is 0.345 e. The molecule has 0 radical (unpaired) electrons. The first-order valence-corrected chi connectivity index (χ1v) is 13.7. The maximum absolute atomic E-state index is 14.2. The second-order valence-electron chi connectivity index (χ2n) is 9.94. The molecule has 1 aliphatic rings. The molecular weight excluding hydrogens is 484 g/mol. The summed E-state index contributed by atoms with van der Waals surface area (Å²) in [6.45, 7) is 2.20. The van der Waals surface area contributed by atoms with Crippen molar-refractivity contribution in [1.29, 1.82) is 0 Å². The van der Waals surface area contributed by atoms with Crippen molar-refractivity contribution in [2.24, 2.45) is 5.92 Å². The number of aromatic carboxylic acids is 1. The van der Waals surface area contributed by atoms with E-state index in [-0.39, 0.29) is 17.3 Å². The number of amides is 1. The summed E-state index contributed by atoms with van der Waals surface area (Å²) in [7, 11) is 0. The Morgan fingerprint density at radius 3 is 2.53 bits per heavy atom. The Morgan fingerprint density at radius 2 is 1.83 bits per heavy atom. The number of aliphatic hydroxyl groups excluding tert-OH is 1. The van der Waals surface area contributed by atoms with Crippen molar-refractivity contribution in [3.05, 3.63) is 57.8 Å². The molecule has 2 heterocycles. The first-order chi connectivity index (χ1) is 17.2. The van der Waals surface area contributed by atoms with Crippen molar-refractivity contribution in [3.63, 3.8) is 0 Å². The number of rotatable bonds is 15. The third-order valence-corrected chi connectivity index (χ3v) is 8.25. The molecule has 3 atom stereocenters. The van der Waals surface area contributed by atoms with E-state index in [4.69, 9.17) is 5.11 Å². The van der Waals surface area contributed by atoms with Crippen LogP contribution in [0.2, 0.25) is 0 Å². The highest BCUT2D eigenvalue weighted by atomic mass is 32.1. The van der Waals surface area contributed by atoms with E-state index < -0.39 is 36.4 Å². The summed E-state index contributed by atoms with van der Waals surface area (Å²) < 4.78 is 28.4. The quantitative estimate of drug-likeness (QED) is 0.274. The van der Waals surface area contributed by atoms with Crippen LogP contribution in [0.5, 0.6) is 0 Å². The van der Waals surface area contributed by atoms with Crippen LogP contribution in [-0.4, -0.2) is 51.6 Å². The SMILES string of the molecule is C[C@@H](CCCCCc1ccccc1)[C@H](O)CCC1CC(F)(F)C(=O)N1CCCc1ccc(C(=O)O)s1. The fourth-order valence-electron chi connectivity index (χ4n) is 4.92. The van der Waals surface area contributed by atoms with Crippen molar-refractivity contribution in [2.45, 2.75) is 89.2 Å². The molecule has 0 saturated carbocycles. The zero-order chi connectivity index (χ0) is 26.1. The molecule has 2 N–H and O–H groups in total. The number of hydrogen-bond donors (Lipinski definition) is 2. The van der Waals surface area contributed by atoms with E-state index in [0.29, 0.717) is 25.7 Å². The lowest BCUT2D eigenvalue weighted by molar-refractivity contribution is -0.148. The molecule has 2 aromatic rings. The van der Waals surface area contributed by atoms with E-state index in [1.54, 1.807) is 6.07 Å². The Morgan fingerprint density at radius 1 is 1.08 bits per heavy atom. The van der Waals surface area contributed by atoms with Crippen LogP contribution in [0.1, 0.15) is 78.4 Å². The van der Waals surface area contributed by atoms with Crippen molar-refractivity contribution in [2.75, 3.05) is 6.54 Å². The Bertz CT molecular complexity index is 981. The van der Waals surface area contributed by atoms with Crippen molar-refractivity contribution in [1.82, 2.24) is 4.90 Å². The van der Waals surface area contributed by atoms with Crippen molar-refractivity contribution < 1.29 is 28.6 Å². The van der Waals surface area contributed by atoms with Gasteiger partial charge in [-0.1, -0.05) is 50.1 Å². The van der Waals surface area contributed by atoms with Gasteiger partial charge < -0.3 is 15.1 Å². The Balaban J connectivity index is 1.39. The number of halogens is 2. The largest absolute Gasteiger partial charge is 0.477 e. The Kier molecular flexibility index (Phi) is 10.4. The third kappa shape index (κ3) is 8.10. The molecule has 1 amide bonds. The van der Waals surface area contributed by atoms with Gasteiger partial charge in [0.15, 0.2) is 0 Å². The van der Waals surface area contributed by atoms with E-state index >= 15 is 0 Å². The Labute approximate surface area is 216 Å². The van der Waals surface area contributed by atoms with Gasteiger partial charge in [-0.05, 0) is 68.6 Å². The zero-order valence-corrected chi connectivity index (χ0v) is 21.7. The molecule has 5 nitrogen and oxygen atoms in total. The van der Waals surface area contributed by atoms with Crippen LogP contribution >= 0.6 is 11.3 Å². The molecule has 1 aromatic heterocycles. The summed E-state index contributed by atoms with van der Waals surface area (Å²) in [5.41, 5.74) is 1.33. The summed E-state index contributed by atoms with van der Waals surface area (Å²) in [5, 5.41) is 19.7. The first-order valence-electron chi connectivity index (χ1n) is 12.9. The van der Waals surface area contributed by atoms with Gasteiger partial charge in [0.1, 0.15) is 4.88 Å². The molecule has 198 valence electrons. The van der Waals surface area contributed by atoms with Gasteiger partial charge in [0.25, 0.3) is 5.91 Å². The molecule has 36 heavy (non-hydrogen) atoms. The fourth-order valence-corrected chi connectivity index (χ4v) is 5.81. The lowest BCUT2D eigenvalue weighted by Gasteiger charge is -2.26. The predicted molar refractivity (Wildman–Crippen MR) is 138 cm³/mol. The van der Waals surface area contributed by atoms with Crippen molar-refractivity contribution in [3.8, 4) is 0 Å². The number of carbonyl (C=O) groups excluding carboxylic acids is 1. The van der Waals surface area contributed by atoms with E-state index in [1.165, 1.54) is 27.9 Å². The number of benzene rings is 1. The minimum atomic E-state index is -3.36. The standard InChI is InChI=1S/C28H37F2NO4S/c1-20(9-4-2-5-10-21-11-6-3-7-12-21)24(32)16-14-22-19-28(29,30)27(35)31(22)18-8-13-23-15-17-25(36-23)26(33)34/h3,6-7,11-12,15,17,20,22,24,32H,2,4-5,8-10,13-14,16,18-19H2,1H3,(H,33,34)/t20-,22?,24+/m0/s1. The monoisotopic (exact) mass is 521 g/mol. The number of aryl methyl sites for hydroxylation is 2.